The van der Waals surface area contributed by atoms with Gasteiger partial charge in [0.25, 0.3) is 0 Å². The van der Waals surface area contributed by atoms with E-state index in [4.69, 9.17) is 25.8 Å². The zero-order valence-electron chi connectivity index (χ0n) is 13.2. The highest BCUT2D eigenvalue weighted by molar-refractivity contribution is 7.99. The van der Waals surface area contributed by atoms with Crippen molar-refractivity contribution in [3.05, 3.63) is 53.6 Å². The second-order valence-electron chi connectivity index (χ2n) is 4.67. The predicted molar refractivity (Wildman–Crippen MR) is 96.1 cm³/mol. The Kier molecular flexibility index (Phi) is 8.15. The molecule has 0 unspecified atom stereocenters. The maximum absolute atomic E-state index is 5.85. The van der Waals surface area contributed by atoms with Gasteiger partial charge in [-0.3, -0.25) is 0 Å². The summed E-state index contributed by atoms with van der Waals surface area (Å²) in [6, 6.07) is 15.5. The first kappa shape index (κ1) is 18.0. The number of thioether (sulfide) groups is 1. The molecule has 3 nitrogen and oxygen atoms in total. The minimum atomic E-state index is 0.529. The van der Waals surface area contributed by atoms with Crippen molar-refractivity contribution < 1.29 is 14.2 Å². The fourth-order valence-corrected chi connectivity index (χ4v) is 2.78. The molecule has 0 aliphatic heterocycles. The topological polar surface area (TPSA) is 27.7 Å². The van der Waals surface area contributed by atoms with Crippen LogP contribution in [0.25, 0.3) is 0 Å². The van der Waals surface area contributed by atoms with Crippen molar-refractivity contribution in [3.63, 3.8) is 0 Å². The summed E-state index contributed by atoms with van der Waals surface area (Å²) in [4.78, 5) is 1.20. The first-order chi connectivity index (χ1) is 11.3. The van der Waals surface area contributed by atoms with E-state index in [1.165, 1.54) is 4.90 Å². The molecule has 0 N–H and O–H groups in total. The van der Waals surface area contributed by atoms with Crippen LogP contribution in [0.15, 0.2) is 53.4 Å². The Morgan fingerprint density at radius 2 is 1.65 bits per heavy atom. The quantitative estimate of drug-likeness (QED) is 0.448. The van der Waals surface area contributed by atoms with E-state index in [2.05, 4.69) is 0 Å². The molecule has 23 heavy (non-hydrogen) atoms. The molecule has 0 bridgehead atoms. The summed E-state index contributed by atoms with van der Waals surface area (Å²) >= 11 is 7.60. The van der Waals surface area contributed by atoms with Gasteiger partial charge in [-0.15, -0.1) is 11.8 Å². The summed E-state index contributed by atoms with van der Waals surface area (Å²) in [7, 11) is 0. The highest BCUT2D eigenvalue weighted by atomic mass is 35.5. The van der Waals surface area contributed by atoms with Gasteiger partial charge in [-0.1, -0.05) is 17.7 Å². The van der Waals surface area contributed by atoms with Crippen molar-refractivity contribution in [1.82, 2.24) is 0 Å². The van der Waals surface area contributed by atoms with Gasteiger partial charge in [-0.05, 0) is 43.3 Å². The standard InChI is InChI=1S/C18H21ClO3S/c1-2-21-16-4-3-5-17(14-16)22-11-10-20-12-13-23-18-8-6-15(19)7-9-18/h3-9,14H,2,10-13H2,1H3. The van der Waals surface area contributed by atoms with Crippen molar-refractivity contribution in [2.75, 3.05) is 32.2 Å². The van der Waals surface area contributed by atoms with E-state index in [1.807, 2.05) is 55.5 Å². The Morgan fingerprint density at radius 3 is 2.39 bits per heavy atom. The van der Waals surface area contributed by atoms with E-state index in [0.29, 0.717) is 26.4 Å². The number of ether oxygens (including phenoxy) is 3. The number of halogens is 1. The van der Waals surface area contributed by atoms with Crippen LogP contribution in [0.2, 0.25) is 5.02 Å². The normalized spacial score (nSPS) is 10.5. The van der Waals surface area contributed by atoms with E-state index < -0.39 is 0 Å². The van der Waals surface area contributed by atoms with Crippen molar-refractivity contribution in [1.29, 1.82) is 0 Å². The number of rotatable bonds is 10. The second-order valence-corrected chi connectivity index (χ2v) is 6.28. The lowest BCUT2D eigenvalue weighted by Crippen LogP contribution is -2.08. The Morgan fingerprint density at radius 1 is 0.913 bits per heavy atom. The minimum absolute atomic E-state index is 0.529. The van der Waals surface area contributed by atoms with Gasteiger partial charge >= 0.3 is 0 Å². The average Bonchev–Trinajstić information content (AvgIpc) is 2.56. The fourth-order valence-electron chi connectivity index (χ4n) is 1.89. The van der Waals surface area contributed by atoms with E-state index in [0.717, 1.165) is 22.3 Å². The molecule has 0 aliphatic rings. The van der Waals surface area contributed by atoms with Crippen LogP contribution in [-0.4, -0.2) is 32.2 Å². The maximum Gasteiger partial charge on any atom is 0.123 e. The SMILES string of the molecule is CCOc1cccc(OCCOCCSc2ccc(Cl)cc2)c1. The molecule has 0 aliphatic carbocycles. The smallest absolute Gasteiger partial charge is 0.123 e. The number of hydrogen-bond acceptors (Lipinski definition) is 4. The van der Waals surface area contributed by atoms with Crippen LogP contribution in [0.5, 0.6) is 11.5 Å². The first-order valence-corrected chi connectivity index (χ1v) is 8.96. The van der Waals surface area contributed by atoms with Crippen LogP contribution in [0.4, 0.5) is 0 Å². The lowest BCUT2D eigenvalue weighted by molar-refractivity contribution is 0.112. The third-order valence-corrected chi connectivity index (χ3v) is 4.15. The Labute approximate surface area is 146 Å². The number of benzene rings is 2. The third-order valence-electron chi connectivity index (χ3n) is 2.92. The van der Waals surface area contributed by atoms with Crippen molar-refractivity contribution in [3.8, 4) is 11.5 Å². The van der Waals surface area contributed by atoms with Crippen LogP contribution >= 0.6 is 23.4 Å². The number of hydrogen-bond donors (Lipinski definition) is 0. The fraction of sp³-hybridized carbons (Fsp3) is 0.333. The molecule has 0 heterocycles. The van der Waals surface area contributed by atoms with Gasteiger partial charge in [0, 0.05) is 21.7 Å². The summed E-state index contributed by atoms with van der Waals surface area (Å²) in [5.41, 5.74) is 0. The summed E-state index contributed by atoms with van der Waals surface area (Å²) in [6.45, 7) is 4.40. The molecule has 124 valence electrons. The highest BCUT2D eigenvalue weighted by Crippen LogP contribution is 2.20. The van der Waals surface area contributed by atoms with Crippen LogP contribution in [0, 0.1) is 0 Å². The van der Waals surface area contributed by atoms with Crippen LogP contribution in [0.3, 0.4) is 0 Å². The van der Waals surface area contributed by atoms with Gasteiger partial charge in [0.15, 0.2) is 0 Å². The first-order valence-electron chi connectivity index (χ1n) is 7.59. The third kappa shape index (κ3) is 7.16. The summed E-state index contributed by atoms with van der Waals surface area (Å²) in [5.74, 6) is 2.53. The molecule has 0 amide bonds. The van der Waals surface area contributed by atoms with E-state index in [-0.39, 0.29) is 0 Å². The molecule has 0 saturated heterocycles. The van der Waals surface area contributed by atoms with Gasteiger partial charge in [-0.25, -0.2) is 0 Å². The molecule has 0 spiro atoms. The molecular weight excluding hydrogens is 332 g/mol. The highest BCUT2D eigenvalue weighted by Gasteiger charge is 1.98. The lowest BCUT2D eigenvalue weighted by Gasteiger charge is -2.09. The molecule has 0 aromatic heterocycles. The molecular formula is C18H21ClO3S. The molecule has 0 saturated carbocycles. The minimum Gasteiger partial charge on any atom is -0.494 e. The monoisotopic (exact) mass is 352 g/mol. The molecule has 0 atom stereocenters. The molecule has 2 aromatic carbocycles. The average molecular weight is 353 g/mol. The molecule has 2 aromatic rings. The maximum atomic E-state index is 5.85. The van der Waals surface area contributed by atoms with E-state index in [1.54, 1.807) is 11.8 Å². The van der Waals surface area contributed by atoms with Crippen molar-refractivity contribution in [2.45, 2.75) is 11.8 Å². The van der Waals surface area contributed by atoms with Gasteiger partial charge < -0.3 is 14.2 Å². The summed E-state index contributed by atoms with van der Waals surface area (Å²) in [6.07, 6.45) is 0. The molecule has 5 heteroatoms. The largest absolute Gasteiger partial charge is 0.494 e. The van der Waals surface area contributed by atoms with E-state index >= 15 is 0 Å². The Hall–Kier alpha value is -1.36. The van der Waals surface area contributed by atoms with E-state index in [9.17, 15) is 0 Å². The lowest BCUT2D eigenvalue weighted by atomic mass is 10.3. The molecule has 0 fully saturated rings. The van der Waals surface area contributed by atoms with Crippen molar-refractivity contribution in [2.24, 2.45) is 0 Å². The summed E-state index contributed by atoms with van der Waals surface area (Å²) < 4.78 is 16.7. The molecule has 2 rings (SSSR count). The Bertz CT molecular complexity index is 575. The zero-order chi connectivity index (χ0) is 16.3. The molecule has 0 radical (unpaired) electrons. The van der Waals surface area contributed by atoms with Crippen molar-refractivity contribution >= 4 is 23.4 Å². The van der Waals surface area contributed by atoms with Gasteiger partial charge in [0.1, 0.15) is 18.1 Å². The van der Waals surface area contributed by atoms with Crippen LogP contribution < -0.4 is 9.47 Å². The van der Waals surface area contributed by atoms with Gasteiger partial charge in [0.2, 0.25) is 0 Å². The van der Waals surface area contributed by atoms with Gasteiger partial charge in [0.05, 0.1) is 19.8 Å². The van der Waals surface area contributed by atoms with Crippen LogP contribution in [-0.2, 0) is 4.74 Å². The zero-order valence-corrected chi connectivity index (χ0v) is 14.7. The van der Waals surface area contributed by atoms with Crippen LogP contribution in [0.1, 0.15) is 6.92 Å². The second kappa shape index (κ2) is 10.4. The summed E-state index contributed by atoms with van der Waals surface area (Å²) in [5, 5.41) is 0.760. The Balaban J connectivity index is 1.55. The predicted octanol–water partition coefficient (Wildman–Crippen LogP) is 4.93. The van der Waals surface area contributed by atoms with Gasteiger partial charge in [-0.2, -0.15) is 0 Å².